The SMILES string of the molecule is CC[C@@H](c1cc(N)n2ncc(C(F)(F)F)c2n1)C1CC1. The second kappa shape index (κ2) is 4.36. The van der Waals surface area contributed by atoms with Gasteiger partial charge in [-0.2, -0.15) is 22.8 Å². The Labute approximate surface area is 113 Å². The molecule has 0 aromatic carbocycles. The van der Waals surface area contributed by atoms with Gasteiger partial charge in [-0.15, -0.1) is 0 Å². The van der Waals surface area contributed by atoms with Gasteiger partial charge in [-0.3, -0.25) is 0 Å². The van der Waals surface area contributed by atoms with Crippen molar-refractivity contribution < 1.29 is 13.2 Å². The first-order chi connectivity index (χ1) is 9.41. The van der Waals surface area contributed by atoms with Crippen molar-refractivity contribution in [3.8, 4) is 0 Å². The summed E-state index contributed by atoms with van der Waals surface area (Å²) >= 11 is 0. The molecule has 0 aliphatic heterocycles. The molecule has 2 aromatic rings. The van der Waals surface area contributed by atoms with E-state index in [1.807, 2.05) is 6.92 Å². The second-order valence-corrected chi connectivity index (χ2v) is 5.25. The van der Waals surface area contributed by atoms with Crippen LogP contribution in [0.25, 0.3) is 5.65 Å². The maximum absolute atomic E-state index is 12.9. The topological polar surface area (TPSA) is 56.2 Å². The molecule has 1 atom stereocenters. The van der Waals surface area contributed by atoms with Gasteiger partial charge in [0.15, 0.2) is 5.65 Å². The average molecular weight is 284 g/mol. The van der Waals surface area contributed by atoms with Crippen molar-refractivity contribution >= 4 is 11.5 Å². The molecule has 4 nitrogen and oxygen atoms in total. The minimum absolute atomic E-state index is 0.179. The largest absolute Gasteiger partial charge is 0.421 e. The quantitative estimate of drug-likeness (QED) is 0.941. The summed E-state index contributed by atoms with van der Waals surface area (Å²) < 4.78 is 39.9. The summed E-state index contributed by atoms with van der Waals surface area (Å²) in [5, 5.41) is 3.68. The molecule has 0 amide bonds. The predicted octanol–water partition coefficient (Wildman–Crippen LogP) is 3.23. The van der Waals surface area contributed by atoms with Crippen molar-refractivity contribution in [2.24, 2.45) is 5.92 Å². The van der Waals surface area contributed by atoms with Gasteiger partial charge in [0.25, 0.3) is 0 Å². The fourth-order valence-corrected chi connectivity index (χ4v) is 2.68. The van der Waals surface area contributed by atoms with Crippen molar-refractivity contribution in [3.63, 3.8) is 0 Å². The number of anilines is 1. The Hall–Kier alpha value is -1.79. The number of nitrogens with two attached hydrogens (primary N) is 1. The van der Waals surface area contributed by atoms with Gasteiger partial charge in [-0.1, -0.05) is 6.92 Å². The number of aromatic nitrogens is 3. The Morgan fingerprint density at radius 3 is 2.70 bits per heavy atom. The van der Waals surface area contributed by atoms with E-state index in [1.54, 1.807) is 6.07 Å². The Balaban J connectivity index is 2.15. The van der Waals surface area contributed by atoms with Gasteiger partial charge in [0, 0.05) is 17.7 Å². The number of fused-ring (bicyclic) bond motifs is 1. The molecule has 1 fully saturated rings. The van der Waals surface area contributed by atoms with Crippen LogP contribution < -0.4 is 5.73 Å². The molecular formula is C13H15F3N4. The van der Waals surface area contributed by atoms with E-state index in [4.69, 9.17) is 5.73 Å². The van der Waals surface area contributed by atoms with E-state index in [2.05, 4.69) is 10.1 Å². The smallest absolute Gasteiger partial charge is 0.384 e. The maximum atomic E-state index is 12.9. The van der Waals surface area contributed by atoms with Gasteiger partial charge in [-0.25, -0.2) is 4.98 Å². The second-order valence-electron chi connectivity index (χ2n) is 5.25. The summed E-state index contributed by atoms with van der Waals surface area (Å²) in [5.74, 6) is 0.893. The van der Waals surface area contributed by atoms with Crippen LogP contribution in [0.4, 0.5) is 19.0 Å². The molecular weight excluding hydrogens is 269 g/mol. The molecule has 1 saturated carbocycles. The summed E-state index contributed by atoms with van der Waals surface area (Å²) in [4.78, 5) is 4.20. The highest BCUT2D eigenvalue weighted by atomic mass is 19.4. The first-order valence-electron chi connectivity index (χ1n) is 6.63. The number of rotatable bonds is 3. The summed E-state index contributed by atoms with van der Waals surface area (Å²) in [6.07, 6.45) is -0.627. The normalized spacial score (nSPS) is 17.6. The third-order valence-electron chi connectivity index (χ3n) is 3.84. The molecule has 1 aliphatic rings. The highest BCUT2D eigenvalue weighted by molar-refractivity contribution is 5.54. The number of hydrogen-bond donors (Lipinski definition) is 1. The van der Waals surface area contributed by atoms with Gasteiger partial charge >= 0.3 is 6.18 Å². The van der Waals surface area contributed by atoms with Crippen molar-refractivity contribution in [1.29, 1.82) is 0 Å². The van der Waals surface area contributed by atoms with Gasteiger partial charge in [-0.05, 0) is 25.2 Å². The third kappa shape index (κ3) is 2.10. The van der Waals surface area contributed by atoms with Gasteiger partial charge < -0.3 is 5.73 Å². The highest BCUT2D eigenvalue weighted by Gasteiger charge is 2.37. The van der Waals surface area contributed by atoms with Crippen molar-refractivity contribution in [2.75, 3.05) is 5.73 Å². The molecule has 108 valence electrons. The average Bonchev–Trinajstić information content (AvgIpc) is 3.06. The highest BCUT2D eigenvalue weighted by Crippen LogP contribution is 2.44. The lowest BCUT2D eigenvalue weighted by Gasteiger charge is -2.15. The number of halogens is 3. The molecule has 2 aromatic heterocycles. The predicted molar refractivity (Wildman–Crippen MR) is 68.2 cm³/mol. The van der Waals surface area contributed by atoms with Gasteiger partial charge in [0.2, 0.25) is 0 Å². The van der Waals surface area contributed by atoms with Crippen LogP contribution in [0, 0.1) is 5.92 Å². The van der Waals surface area contributed by atoms with E-state index >= 15 is 0 Å². The van der Waals surface area contributed by atoms with Crippen LogP contribution in [0.2, 0.25) is 0 Å². The van der Waals surface area contributed by atoms with Crippen molar-refractivity contribution in [2.45, 2.75) is 38.3 Å². The van der Waals surface area contributed by atoms with E-state index in [9.17, 15) is 13.2 Å². The summed E-state index contributed by atoms with van der Waals surface area (Å²) in [5.41, 5.74) is 5.43. The summed E-state index contributed by atoms with van der Waals surface area (Å²) in [7, 11) is 0. The lowest BCUT2D eigenvalue weighted by Crippen LogP contribution is -2.10. The lowest BCUT2D eigenvalue weighted by atomic mass is 9.96. The van der Waals surface area contributed by atoms with E-state index in [0.29, 0.717) is 11.6 Å². The molecule has 2 heterocycles. The number of nitrogens with zero attached hydrogens (tertiary/aromatic N) is 3. The lowest BCUT2D eigenvalue weighted by molar-refractivity contribution is -0.136. The molecule has 0 radical (unpaired) electrons. The molecule has 7 heteroatoms. The molecule has 0 spiro atoms. The van der Waals surface area contributed by atoms with E-state index in [-0.39, 0.29) is 17.4 Å². The Morgan fingerprint density at radius 2 is 2.15 bits per heavy atom. The van der Waals surface area contributed by atoms with E-state index in [0.717, 1.165) is 30.0 Å². The van der Waals surface area contributed by atoms with Crippen molar-refractivity contribution in [3.05, 3.63) is 23.5 Å². The molecule has 0 saturated heterocycles. The van der Waals surface area contributed by atoms with Crippen LogP contribution in [-0.4, -0.2) is 14.6 Å². The first kappa shape index (κ1) is 13.2. The number of hydrogen-bond acceptors (Lipinski definition) is 3. The first-order valence-corrected chi connectivity index (χ1v) is 6.63. The van der Waals surface area contributed by atoms with Gasteiger partial charge in [0.05, 0.1) is 6.20 Å². The van der Waals surface area contributed by atoms with Crippen LogP contribution in [0.3, 0.4) is 0 Å². The fourth-order valence-electron chi connectivity index (χ4n) is 2.68. The van der Waals surface area contributed by atoms with Crippen LogP contribution in [0.15, 0.2) is 12.3 Å². The van der Waals surface area contributed by atoms with E-state index in [1.165, 1.54) is 0 Å². The molecule has 3 rings (SSSR count). The minimum atomic E-state index is -4.47. The number of alkyl halides is 3. The summed E-state index contributed by atoms with van der Waals surface area (Å²) in [6.45, 7) is 2.02. The molecule has 1 aliphatic carbocycles. The molecule has 0 bridgehead atoms. The monoisotopic (exact) mass is 284 g/mol. The Morgan fingerprint density at radius 1 is 1.45 bits per heavy atom. The molecule has 20 heavy (non-hydrogen) atoms. The van der Waals surface area contributed by atoms with E-state index < -0.39 is 11.7 Å². The van der Waals surface area contributed by atoms with Crippen molar-refractivity contribution in [1.82, 2.24) is 14.6 Å². The van der Waals surface area contributed by atoms with Crippen LogP contribution in [0.1, 0.15) is 43.4 Å². The zero-order valence-corrected chi connectivity index (χ0v) is 11.0. The van der Waals surface area contributed by atoms with Crippen LogP contribution >= 0.6 is 0 Å². The molecule has 2 N–H and O–H groups in total. The third-order valence-corrected chi connectivity index (χ3v) is 3.84. The summed E-state index contributed by atoms with van der Waals surface area (Å²) in [6, 6.07) is 1.65. The molecule has 0 unspecified atom stereocenters. The zero-order chi connectivity index (χ0) is 14.5. The number of nitrogen functional groups attached to an aromatic ring is 1. The maximum Gasteiger partial charge on any atom is 0.421 e. The van der Waals surface area contributed by atoms with Crippen LogP contribution in [0.5, 0.6) is 0 Å². The fraction of sp³-hybridized carbons (Fsp3) is 0.538. The standard InChI is InChI=1S/C13H15F3N4/c1-2-8(7-3-4-7)10-5-11(17)20-12(19-10)9(6-18-20)13(14,15)16/h5-8H,2-4,17H2,1H3/t8-/m1/s1. The van der Waals surface area contributed by atoms with Crippen LogP contribution in [-0.2, 0) is 6.18 Å². The van der Waals surface area contributed by atoms with Gasteiger partial charge in [0.1, 0.15) is 11.4 Å². The minimum Gasteiger partial charge on any atom is -0.384 e. The zero-order valence-electron chi connectivity index (χ0n) is 11.0. The Bertz CT molecular complexity index is 643. The Kier molecular flexibility index (Phi) is 2.88.